The molecule has 0 aliphatic carbocycles. The van der Waals surface area contributed by atoms with E-state index in [9.17, 15) is 4.79 Å². The van der Waals surface area contributed by atoms with Gasteiger partial charge in [0, 0.05) is 17.6 Å². The lowest BCUT2D eigenvalue weighted by molar-refractivity contribution is 0.239. The minimum absolute atomic E-state index is 0.334. The molecule has 1 amide bonds. The number of nitrogens with zero attached hydrogens (tertiary/aromatic N) is 3. The Morgan fingerprint density at radius 2 is 1.85 bits per heavy atom. The van der Waals surface area contributed by atoms with Gasteiger partial charge in [-0.2, -0.15) is 4.68 Å². The van der Waals surface area contributed by atoms with Crippen LogP contribution in [0.4, 0.5) is 4.79 Å². The summed E-state index contributed by atoms with van der Waals surface area (Å²) in [5.41, 5.74) is 2.06. The first-order valence-electron chi connectivity index (χ1n) is 8.30. The van der Waals surface area contributed by atoms with Gasteiger partial charge in [-0.25, -0.2) is 4.79 Å². The number of halogens is 1. The molecule has 0 unspecified atom stereocenters. The largest absolute Gasteiger partial charge is 0.457 e. The van der Waals surface area contributed by atoms with Gasteiger partial charge < -0.3 is 10.1 Å². The fourth-order valence-corrected chi connectivity index (χ4v) is 2.85. The van der Waals surface area contributed by atoms with Gasteiger partial charge in [-0.05, 0) is 42.0 Å². The Labute approximate surface area is 160 Å². The Hall–Kier alpha value is -3.38. The van der Waals surface area contributed by atoms with Crippen LogP contribution in [0.25, 0.3) is 11.0 Å². The smallest absolute Gasteiger partial charge is 0.344 e. The monoisotopic (exact) mass is 378 g/mol. The van der Waals surface area contributed by atoms with Crippen LogP contribution < -0.4 is 10.1 Å². The van der Waals surface area contributed by atoms with E-state index in [0.717, 1.165) is 5.56 Å². The molecule has 3 aromatic carbocycles. The molecule has 0 saturated heterocycles. The molecule has 0 saturated carbocycles. The summed E-state index contributed by atoms with van der Waals surface area (Å²) in [6, 6.07) is 21.6. The second kappa shape index (κ2) is 7.47. The third-order valence-corrected chi connectivity index (χ3v) is 4.16. The maximum Gasteiger partial charge on any atom is 0.344 e. The van der Waals surface area contributed by atoms with Crippen LogP contribution in [0.2, 0.25) is 5.02 Å². The number of carbonyl (C=O) groups excluding carboxylic acids is 1. The maximum atomic E-state index is 12.5. The number of para-hydroxylation sites is 1. The molecule has 0 fully saturated rings. The van der Waals surface area contributed by atoms with Crippen molar-refractivity contribution in [2.24, 2.45) is 0 Å². The molecule has 134 valence electrons. The molecule has 0 aliphatic heterocycles. The molecule has 0 radical (unpaired) electrons. The van der Waals surface area contributed by atoms with Crippen LogP contribution in [0.1, 0.15) is 5.56 Å². The molecule has 4 aromatic rings. The Morgan fingerprint density at radius 1 is 1.00 bits per heavy atom. The van der Waals surface area contributed by atoms with Crippen molar-refractivity contribution >= 4 is 28.7 Å². The third kappa shape index (κ3) is 3.91. The summed E-state index contributed by atoms with van der Waals surface area (Å²) in [6.45, 7) is 0.334. The zero-order chi connectivity index (χ0) is 18.6. The summed E-state index contributed by atoms with van der Waals surface area (Å²) < 4.78 is 7.04. The van der Waals surface area contributed by atoms with Gasteiger partial charge in [-0.15, -0.1) is 5.10 Å². The number of carbonyl (C=O) groups is 1. The van der Waals surface area contributed by atoms with Crippen molar-refractivity contribution < 1.29 is 9.53 Å². The first kappa shape index (κ1) is 17.1. The van der Waals surface area contributed by atoms with Gasteiger partial charge in [0.1, 0.15) is 22.5 Å². The van der Waals surface area contributed by atoms with Crippen molar-refractivity contribution in [3.8, 4) is 11.5 Å². The molecular weight excluding hydrogens is 364 g/mol. The van der Waals surface area contributed by atoms with Crippen LogP contribution in [0, 0.1) is 0 Å². The molecule has 1 N–H and O–H groups in total. The van der Waals surface area contributed by atoms with Crippen LogP contribution in [-0.2, 0) is 6.54 Å². The number of fused-ring (bicyclic) bond motifs is 1. The van der Waals surface area contributed by atoms with Gasteiger partial charge in [0.2, 0.25) is 0 Å². The molecule has 7 heteroatoms. The van der Waals surface area contributed by atoms with Crippen LogP contribution in [-0.4, -0.2) is 21.0 Å². The van der Waals surface area contributed by atoms with Gasteiger partial charge in [0.15, 0.2) is 0 Å². The number of nitrogens with one attached hydrogen (secondary N) is 1. The van der Waals surface area contributed by atoms with Crippen LogP contribution in [0.5, 0.6) is 11.5 Å². The van der Waals surface area contributed by atoms with Gasteiger partial charge in [-0.3, -0.25) is 0 Å². The first-order valence-corrected chi connectivity index (χ1v) is 8.68. The minimum atomic E-state index is -0.380. The van der Waals surface area contributed by atoms with Crippen molar-refractivity contribution in [1.82, 2.24) is 20.3 Å². The lowest BCUT2D eigenvalue weighted by atomic mass is 10.2. The van der Waals surface area contributed by atoms with E-state index in [0.29, 0.717) is 34.1 Å². The zero-order valence-corrected chi connectivity index (χ0v) is 14.9. The Kier molecular flexibility index (Phi) is 4.72. The summed E-state index contributed by atoms with van der Waals surface area (Å²) in [4.78, 5) is 12.5. The molecule has 27 heavy (non-hydrogen) atoms. The summed E-state index contributed by atoms with van der Waals surface area (Å²) >= 11 is 5.97. The summed E-state index contributed by atoms with van der Waals surface area (Å²) in [5, 5.41) is 11.4. The highest BCUT2D eigenvalue weighted by Gasteiger charge is 2.13. The quantitative estimate of drug-likeness (QED) is 0.562. The predicted octanol–water partition coefficient (Wildman–Crippen LogP) is 4.63. The fourth-order valence-electron chi connectivity index (χ4n) is 2.64. The van der Waals surface area contributed by atoms with E-state index in [4.69, 9.17) is 16.3 Å². The molecule has 0 atom stereocenters. The second-order valence-electron chi connectivity index (χ2n) is 5.86. The number of hydrogen-bond donors (Lipinski definition) is 1. The highest BCUT2D eigenvalue weighted by molar-refractivity contribution is 6.30. The van der Waals surface area contributed by atoms with Crippen molar-refractivity contribution in [3.63, 3.8) is 0 Å². The summed E-state index contributed by atoms with van der Waals surface area (Å²) in [6.07, 6.45) is 0. The SMILES string of the molecule is O=C(NCc1cccc(Cl)c1)n1nnc2ccc(Oc3ccccc3)cc21. The Morgan fingerprint density at radius 3 is 2.67 bits per heavy atom. The predicted molar refractivity (Wildman–Crippen MR) is 103 cm³/mol. The van der Waals surface area contributed by atoms with Crippen molar-refractivity contribution in [2.75, 3.05) is 0 Å². The third-order valence-electron chi connectivity index (χ3n) is 3.92. The molecule has 0 spiro atoms. The van der Waals surface area contributed by atoms with E-state index in [1.165, 1.54) is 4.68 Å². The van der Waals surface area contributed by atoms with E-state index in [1.54, 1.807) is 30.3 Å². The van der Waals surface area contributed by atoms with Gasteiger partial charge in [-0.1, -0.05) is 47.1 Å². The number of ether oxygens (including phenoxy) is 1. The fraction of sp³-hybridized carbons (Fsp3) is 0.0500. The van der Waals surface area contributed by atoms with E-state index in [-0.39, 0.29) is 6.03 Å². The summed E-state index contributed by atoms with van der Waals surface area (Å²) in [7, 11) is 0. The maximum absolute atomic E-state index is 12.5. The Balaban J connectivity index is 1.54. The number of rotatable bonds is 4. The minimum Gasteiger partial charge on any atom is -0.457 e. The number of benzene rings is 3. The summed E-state index contributed by atoms with van der Waals surface area (Å²) in [5.74, 6) is 1.31. The van der Waals surface area contributed by atoms with E-state index in [2.05, 4.69) is 15.6 Å². The van der Waals surface area contributed by atoms with E-state index in [1.807, 2.05) is 42.5 Å². The molecule has 1 aromatic heterocycles. The number of aromatic nitrogens is 3. The molecule has 6 nitrogen and oxygen atoms in total. The average Bonchev–Trinajstić information content (AvgIpc) is 3.10. The van der Waals surface area contributed by atoms with Gasteiger partial charge >= 0.3 is 6.03 Å². The average molecular weight is 379 g/mol. The van der Waals surface area contributed by atoms with Crippen LogP contribution in [0.3, 0.4) is 0 Å². The molecule has 1 heterocycles. The number of amides is 1. The highest BCUT2D eigenvalue weighted by Crippen LogP contribution is 2.24. The lowest BCUT2D eigenvalue weighted by Crippen LogP contribution is -2.28. The molecule has 0 aliphatic rings. The van der Waals surface area contributed by atoms with Gasteiger partial charge in [0.25, 0.3) is 0 Å². The first-order chi connectivity index (χ1) is 13.2. The molecular formula is C20H15ClN4O2. The van der Waals surface area contributed by atoms with E-state index >= 15 is 0 Å². The second-order valence-corrected chi connectivity index (χ2v) is 6.29. The Bertz CT molecular complexity index is 1100. The van der Waals surface area contributed by atoms with Crippen LogP contribution >= 0.6 is 11.6 Å². The molecule has 0 bridgehead atoms. The van der Waals surface area contributed by atoms with Crippen molar-refractivity contribution in [3.05, 3.63) is 83.4 Å². The van der Waals surface area contributed by atoms with E-state index < -0.39 is 0 Å². The highest BCUT2D eigenvalue weighted by atomic mass is 35.5. The lowest BCUT2D eigenvalue weighted by Gasteiger charge is -2.07. The number of hydrogen-bond acceptors (Lipinski definition) is 4. The normalized spacial score (nSPS) is 10.7. The van der Waals surface area contributed by atoms with Crippen LogP contribution in [0.15, 0.2) is 72.8 Å². The standard InChI is InChI=1S/C20H15ClN4O2/c21-15-6-4-5-14(11-15)13-22-20(26)25-19-12-17(9-10-18(19)23-24-25)27-16-7-2-1-3-8-16/h1-12H,13H2,(H,22,26). The van der Waals surface area contributed by atoms with Crippen molar-refractivity contribution in [2.45, 2.75) is 6.54 Å². The molecule has 4 rings (SSSR count). The van der Waals surface area contributed by atoms with Crippen molar-refractivity contribution in [1.29, 1.82) is 0 Å². The van der Waals surface area contributed by atoms with Gasteiger partial charge in [0.05, 0.1) is 0 Å². The zero-order valence-electron chi connectivity index (χ0n) is 14.2. The topological polar surface area (TPSA) is 69.0 Å².